The molecule has 0 unspecified atom stereocenters. The van der Waals surface area contributed by atoms with Crippen LogP contribution in [0.3, 0.4) is 0 Å². The molecule has 22 heavy (non-hydrogen) atoms. The lowest BCUT2D eigenvalue weighted by Crippen LogP contribution is -2.24. The molecular formula is C15H16FN5O. The average Bonchev–Trinajstić information content (AvgIpc) is 2.97. The fourth-order valence-corrected chi connectivity index (χ4v) is 2.35. The molecule has 1 amide bonds. The van der Waals surface area contributed by atoms with Gasteiger partial charge in [-0.25, -0.2) is 4.98 Å². The Labute approximate surface area is 126 Å². The third kappa shape index (κ3) is 2.34. The van der Waals surface area contributed by atoms with E-state index >= 15 is 0 Å². The first-order valence-electron chi connectivity index (χ1n) is 6.90. The first-order valence-corrected chi connectivity index (χ1v) is 6.90. The molecule has 3 heterocycles. The van der Waals surface area contributed by atoms with Crippen molar-refractivity contribution in [3.8, 4) is 0 Å². The predicted octanol–water partition coefficient (Wildman–Crippen LogP) is 2.05. The second-order valence-electron chi connectivity index (χ2n) is 5.28. The van der Waals surface area contributed by atoms with Crippen LogP contribution in [0.15, 0.2) is 18.3 Å². The molecule has 0 saturated heterocycles. The fourth-order valence-electron chi connectivity index (χ4n) is 2.35. The molecule has 3 aromatic heterocycles. The van der Waals surface area contributed by atoms with Crippen molar-refractivity contribution < 1.29 is 9.18 Å². The van der Waals surface area contributed by atoms with Crippen LogP contribution in [0.4, 0.5) is 4.39 Å². The number of fused-ring (bicyclic) bond motifs is 1. The Bertz CT molecular complexity index is 845. The highest BCUT2D eigenvalue weighted by Crippen LogP contribution is 2.13. The van der Waals surface area contributed by atoms with Crippen LogP contribution in [0.1, 0.15) is 33.0 Å². The molecule has 6 nitrogen and oxygen atoms in total. The van der Waals surface area contributed by atoms with Gasteiger partial charge >= 0.3 is 0 Å². The number of amides is 1. The Morgan fingerprint density at radius 3 is 2.86 bits per heavy atom. The number of carbonyl (C=O) groups excluding carboxylic acids is 1. The Hall–Kier alpha value is -2.70. The molecule has 0 radical (unpaired) electrons. The van der Waals surface area contributed by atoms with Gasteiger partial charge in [-0.2, -0.15) is 9.49 Å². The molecule has 0 aliphatic carbocycles. The van der Waals surface area contributed by atoms with Gasteiger partial charge in [0, 0.05) is 24.0 Å². The number of nitrogens with one attached hydrogen (secondary N) is 2. The molecule has 7 heteroatoms. The topological polar surface area (TPSA) is 75.1 Å². The number of hydrogen-bond donors (Lipinski definition) is 2. The number of aryl methyl sites for hydroxylation is 3. The van der Waals surface area contributed by atoms with E-state index in [0.29, 0.717) is 5.65 Å². The first kappa shape index (κ1) is 14.2. The third-order valence-corrected chi connectivity index (χ3v) is 3.64. The van der Waals surface area contributed by atoms with Crippen molar-refractivity contribution in [2.24, 2.45) is 0 Å². The Morgan fingerprint density at radius 1 is 1.41 bits per heavy atom. The van der Waals surface area contributed by atoms with Gasteiger partial charge < -0.3 is 5.32 Å². The van der Waals surface area contributed by atoms with E-state index in [2.05, 4.69) is 20.5 Å². The number of nitrogens with zero attached hydrogens (tertiary/aromatic N) is 3. The largest absolute Gasteiger partial charge is 0.346 e. The molecule has 0 aliphatic heterocycles. The van der Waals surface area contributed by atoms with E-state index in [4.69, 9.17) is 0 Å². The number of imidazole rings is 1. The highest BCUT2D eigenvalue weighted by Gasteiger charge is 2.19. The van der Waals surface area contributed by atoms with Crippen LogP contribution in [0.5, 0.6) is 0 Å². The van der Waals surface area contributed by atoms with Gasteiger partial charge in [0.05, 0.1) is 5.69 Å². The predicted molar refractivity (Wildman–Crippen MR) is 79.1 cm³/mol. The summed E-state index contributed by atoms with van der Waals surface area (Å²) in [4.78, 5) is 16.3. The Morgan fingerprint density at radius 2 is 2.18 bits per heavy atom. The van der Waals surface area contributed by atoms with Crippen molar-refractivity contribution in [3.05, 3.63) is 52.5 Å². The number of H-pyrrole nitrogens is 1. The van der Waals surface area contributed by atoms with Crippen molar-refractivity contribution in [3.63, 3.8) is 0 Å². The van der Waals surface area contributed by atoms with Gasteiger partial charge in [0.15, 0.2) is 5.69 Å². The maximum absolute atomic E-state index is 14.3. The van der Waals surface area contributed by atoms with Crippen molar-refractivity contribution in [2.75, 3.05) is 0 Å². The highest BCUT2D eigenvalue weighted by molar-refractivity contribution is 5.93. The average molecular weight is 301 g/mol. The molecule has 3 rings (SSSR count). The number of hydrogen-bond acceptors (Lipinski definition) is 3. The summed E-state index contributed by atoms with van der Waals surface area (Å²) in [7, 11) is 0. The van der Waals surface area contributed by atoms with Crippen LogP contribution < -0.4 is 5.32 Å². The maximum Gasteiger partial charge on any atom is 0.274 e. The van der Waals surface area contributed by atoms with Crippen molar-refractivity contribution >= 4 is 11.6 Å². The van der Waals surface area contributed by atoms with Crippen LogP contribution in [0.25, 0.3) is 5.65 Å². The van der Waals surface area contributed by atoms with Crippen molar-refractivity contribution in [2.45, 2.75) is 27.3 Å². The molecule has 0 bridgehead atoms. The summed E-state index contributed by atoms with van der Waals surface area (Å²) < 4.78 is 15.5. The number of aromatic amines is 1. The number of rotatable bonds is 3. The van der Waals surface area contributed by atoms with Gasteiger partial charge in [0.2, 0.25) is 5.95 Å². The molecule has 114 valence electrons. The van der Waals surface area contributed by atoms with Gasteiger partial charge in [-0.15, -0.1) is 0 Å². The Kier molecular flexibility index (Phi) is 3.40. The standard InChI is InChI=1S/C15H16FN5O/c1-8-4-5-21-12(6-8)18-13(14(21)16)15(22)17-7-11-9(2)19-20-10(11)3/h4-6H,7H2,1-3H3,(H,17,22)(H,19,20). The van der Waals surface area contributed by atoms with Crippen molar-refractivity contribution in [1.82, 2.24) is 24.9 Å². The van der Waals surface area contributed by atoms with E-state index in [9.17, 15) is 9.18 Å². The van der Waals surface area contributed by atoms with Gasteiger partial charge in [0.1, 0.15) is 5.65 Å². The van der Waals surface area contributed by atoms with Gasteiger partial charge in [-0.3, -0.25) is 14.3 Å². The van der Waals surface area contributed by atoms with E-state index in [0.717, 1.165) is 22.5 Å². The number of aromatic nitrogens is 4. The summed E-state index contributed by atoms with van der Waals surface area (Å²) in [6.07, 6.45) is 1.56. The minimum Gasteiger partial charge on any atom is -0.346 e. The summed E-state index contributed by atoms with van der Waals surface area (Å²) >= 11 is 0. The second kappa shape index (κ2) is 5.25. The molecule has 0 aromatic carbocycles. The minimum absolute atomic E-state index is 0.204. The van der Waals surface area contributed by atoms with E-state index in [1.165, 1.54) is 4.40 Å². The SMILES string of the molecule is Cc1ccn2c(F)c(C(=O)NCc3c(C)n[nH]c3C)nc2c1. The highest BCUT2D eigenvalue weighted by atomic mass is 19.1. The lowest BCUT2D eigenvalue weighted by atomic mass is 10.2. The minimum atomic E-state index is -0.659. The van der Waals surface area contributed by atoms with Crippen LogP contribution in [-0.2, 0) is 6.54 Å². The third-order valence-electron chi connectivity index (χ3n) is 3.64. The van der Waals surface area contributed by atoms with Crippen LogP contribution in [-0.4, -0.2) is 25.5 Å². The molecule has 2 N–H and O–H groups in total. The lowest BCUT2D eigenvalue weighted by Gasteiger charge is -2.03. The molecule has 0 saturated carbocycles. The number of pyridine rings is 1. The zero-order chi connectivity index (χ0) is 15.9. The first-order chi connectivity index (χ1) is 10.5. The quantitative estimate of drug-likeness (QED) is 0.777. The summed E-state index contributed by atoms with van der Waals surface area (Å²) in [5.41, 5.74) is 3.75. The monoisotopic (exact) mass is 301 g/mol. The summed E-state index contributed by atoms with van der Waals surface area (Å²) in [6, 6.07) is 3.49. The zero-order valence-electron chi connectivity index (χ0n) is 12.6. The van der Waals surface area contributed by atoms with E-state index < -0.39 is 11.9 Å². The summed E-state index contributed by atoms with van der Waals surface area (Å²) in [5.74, 6) is -1.20. The Balaban J connectivity index is 1.85. The number of carbonyl (C=O) groups is 1. The smallest absolute Gasteiger partial charge is 0.274 e. The molecule has 3 aromatic rings. The molecule has 0 spiro atoms. The fraction of sp³-hybridized carbons (Fsp3) is 0.267. The summed E-state index contributed by atoms with van der Waals surface area (Å²) in [6.45, 7) is 5.88. The molecule has 0 atom stereocenters. The van der Waals surface area contributed by atoms with Crippen LogP contribution in [0, 0.1) is 26.7 Å². The lowest BCUT2D eigenvalue weighted by molar-refractivity contribution is 0.0942. The molecule has 0 aliphatic rings. The van der Waals surface area contributed by atoms with Crippen molar-refractivity contribution in [1.29, 1.82) is 0 Å². The van der Waals surface area contributed by atoms with Crippen LogP contribution >= 0.6 is 0 Å². The van der Waals surface area contributed by atoms with Gasteiger partial charge in [0.25, 0.3) is 5.91 Å². The number of halogens is 1. The molecular weight excluding hydrogens is 285 g/mol. The van der Waals surface area contributed by atoms with Gasteiger partial charge in [-0.1, -0.05) is 0 Å². The summed E-state index contributed by atoms with van der Waals surface area (Å²) in [5, 5.41) is 9.59. The second-order valence-corrected chi connectivity index (χ2v) is 5.28. The molecule has 0 fully saturated rings. The van der Waals surface area contributed by atoms with E-state index in [1.807, 2.05) is 20.8 Å². The van der Waals surface area contributed by atoms with Crippen LogP contribution in [0.2, 0.25) is 0 Å². The normalized spacial score (nSPS) is 11.1. The maximum atomic E-state index is 14.3. The van der Waals surface area contributed by atoms with E-state index in [1.54, 1.807) is 18.3 Å². The van der Waals surface area contributed by atoms with E-state index in [-0.39, 0.29) is 12.2 Å². The van der Waals surface area contributed by atoms with Gasteiger partial charge in [-0.05, 0) is 38.5 Å². The zero-order valence-corrected chi connectivity index (χ0v) is 12.6.